The number of hydrogen-bond donors (Lipinski definition) is 1. The van der Waals surface area contributed by atoms with E-state index >= 15 is 0 Å². The molecule has 1 nitrogen and oxygen atoms in total. The molecule has 0 amide bonds. The summed E-state index contributed by atoms with van der Waals surface area (Å²) >= 11 is 0. The van der Waals surface area contributed by atoms with E-state index in [1.54, 1.807) is 0 Å². The van der Waals surface area contributed by atoms with Gasteiger partial charge >= 0.3 is 0 Å². The SMILES string of the molecule is CCCCCCCP(O)c1ccccc1. The largest absolute Gasteiger partial charge is 0.369 e. The molecule has 1 atom stereocenters. The molecule has 1 rings (SSSR count). The van der Waals surface area contributed by atoms with Gasteiger partial charge in [-0.1, -0.05) is 62.9 Å². The molecule has 15 heavy (non-hydrogen) atoms. The molecule has 1 N–H and O–H groups in total. The minimum Gasteiger partial charge on any atom is -0.369 e. The molecule has 1 aromatic carbocycles. The van der Waals surface area contributed by atoms with Crippen LogP contribution in [0.25, 0.3) is 0 Å². The second kappa shape index (κ2) is 7.84. The van der Waals surface area contributed by atoms with Crippen LogP contribution in [0.1, 0.15) is 39.0 Å². The van der Waals surface area contributed by atoms with Crippen molar-refractivity contribution in [3.8, 4) is 0 Å². The first kappa shape index (κ1) is 12.7. The molecule has 0 aliphatic carbocycles. The van der Waals surface area contributed by atoms with Crippen LogP contribution in [0.2, 0.25) is 0 Å². The van der Waals surface area contributed by atoms with Gasteiger partial charge in [-0.25, -0.2) is 0 Å². The van der Waals surface area contributed by atoms with Crippen molar-refractivity contribution in [3.05, 3.63) is 30.3 Å². The van der Waals surface area contributed by atoms with E-state index in [0.717, 1.165) is 17.9 Å². The van der Waals surface area contributed by atoms with Gasteiger partial charge in [0.15, 0.2) is 0 Å². The molecule has 1 unspecified atom stereocenters. The second-order valence-electron chi connectivity index (χ2n) is 3.87. The second-order valence-corrected chi connectivity index (χ2v) is 5.64. The van der Waals surface area contributed by atoms with Gasteiger partial charge < -0.3 is 4.89 Å². The molecule has 1 aromatic rings. The van der Waals surface area contributed by atoms with Crippen LogP contribution < -0.4 is 5.30 Å². The van der Waals surface area contributed by atoms with Gasteiger partial charge in [0, 0.05) is 5.30 Å². The van der Waals surface area contributed by atoms with E-state index in [1.165, 1.54) is 25.7 Å². The van der Waals surface area contributed by atoms with E-state index in [-0.39, 0.29) is 0 Å². The van der Waals surface area contributed by atoms with Gasteiger partial charge in [-0.2, -0.15) is 0 Å². The van der Waals surface area contributed by atoms with E-state index < -0.39 is 8.15 Å². The zero-order chi connectivity index (χ0) is 10.9. The quantitative estimate of drug-likeness (QED) is 0.553. The highest BCUT2D eigenvalue weighted by Gasteiger charge is 2.05. The van der Waals surface area contributed by atoms with Crippen LogP contribution in [0, 0.1) is 0 Å². The number of rotatable bonds is 7. The van der Waals surface area contributed by atoms with Gasteiger partial charge in [0.2, 0.25) is 0 Å². The van der Waals surface area contributed by atoms with E-state index in [4.69, 9.17) is 0 Å². The molecule has 0 bridgehead atoms. The van der Waals surface area contributed by atoms with Gasteiger partial charge in [0.25, 0.3) is 0 Å². The first-order valence-corrected chi connectivity index (χ1v) is 7.34. The van der Waals surface area contributed by atoms with Crippen LogP contribution >= 0.6 is 8.15 Å². The summed E-state index contributed by atoms with van der Waals surface area (Å²) in [5.41, 5.74) is 0. The molecular weight excluding hydrogens is 203 g/mol. The highest BCUT2D eigenvalue weighted by Crippen LogP contribution is 2.30. The first-order valence-electron chi connectivity index (χ1n) is 5.86. The fraction of sp³-hybridized carbons (Fsp3) is 0.538. The summed E-state index contributed by atoms with van der Waals surface area (Å²) in [5.74, 6) is 0. The van der Waals surface area contributed by atoms with Crippen molar-refractivity contribution in [1.82, 2.24) is 0 Å². The van der Waals surface area contributed by atoms with Crippen molar-refractivity contribution in [2.45, 2.75) is 39.0 Å². The Morgan fingerprint density at radius 3 is 2.33 bits per heavy atom. The summed E-state index contributed by atoms with van der Waals surface area (Å²) in [6.07, 6.45) is 7.32. The maximum absolute atomic E-state index is 9.94. The smallest absolute Gasteiger partial charge is 0.0563 e. The number of hydrogen-bond acceptors (Lipinski definition) is 1. The van der Waals surface area contributed by atoms with Crippen molar-refractivity contribution in [1.29, 1.82) is 0 Å². The van der Waals surface area contributed by atoms with Crippen molar-refractivity contribution in [3.63, 3.8) is 0 Å². The average molecular weight is 224 g/mol. The Balaban J connectivity index is 2.16. The summed E-state index contributed by atoms with van der Waals surface area (Å²) in [6, 6.07) is 10.0. The van der Waals surface area contributed by atoms with Crippen LogP contribution in [0.4, 0.5) is 0 Å². The number of benzene rings is 1. The monoisotopic (exact) mass is 224 g/mol. The highest BCUT2D eigenvalue weighted by molar-refractivity contribution is 7.59. The van der Waals surface area contributed by atoms with Gasteiger partial charge in [-0.3, -0.25) is 0 Å². The van der Waals surface area contributed by atoms with Gasteiger partial charge in [-0.15, -0.1) is 0 Å². The lowest BCUT2D eigenvalue weighted by Crippen LogP contribution is -2.01. The standard InChI is InChI=1S/C13H21OP/c1-2-3-4-5-9-12-15(14)13-10-7-6-8-11-13/h6-8,10-11,14H,2-5,9,12H2,1H3. The maximum atomic E-state index is 9.94. The summed E-state index contributed by atoms with van der Waals surface area (Å²) in [6.45, 7) is 2.23. The van der Waals surface area contributed by atoms with Gasteiger partial charge in [0.1, 0.15) is 0 Å². The molecule has 84 valence electrons. The van der Waals surface area contributed by atoms with Crippen molar-refractivity contribution < 1.29 is 4.89 Å². The van der Waals surface area contributed by atoms with E-state index in [0.29, 0.717) is 0 Å². The van der Waals surface area contributed by atoms with E-state index in [1.807, 2.05) is 30.3 Å². The molecule has 0 aliphatic heterocycles. The third-order valence-corrected chi connectivity index (χ3v) is 4.16. The number of unbranched alkanes of at least 4 members (excludes halogenated alkanes) is 4. The Labute approximate surface area is 94.4 Å². The highest BCUT2D eigenvalue weighted by atomic mass is 31.1. The minimum absolute atomic E-state index is 0.897. The molecule has 0 saturated heterocycles. The Hall–Kier alpha value is -0.390. The third-order valence-electron chi connectivity index (χ3n) is 2.53. The van der Waals surface area contributed by atoms with Crippen molar-refractivity contribution in [2.75, 3.05) is 6.16 Å². The van der Waals surface area contributed by atoms with Crippen LogP contribution in [0.3, 0.4) is 0 Å². The van der Waals surface area contributed by atoms with Gasteiger partial charge in [0.05, 0.1) is 8.15 Å². The predicted octanol–water partition coefficient (Wildman–Crippen LogP) is 3.67. The molecule has 0 spiro atoms. The van der Waals surface area contributed by atoms with Crippen molar-refractivity contribution in [2.24, 2.45) is 0 Å². The third kappa shape index (κ3) is 5.30. The van der Waals surface area contributed by atoms with Gasteiger partial charge in [-0.05, 0) is 12.6 Å². The maximum Gasteiger partial charge on any atom is 0.0563 e. The molecule has 2 heteroatoms. The lowest BCUT2D eigenvalue weighted by atomic mass is 10.2. The van der Waals surface area contributed by atoms with Crippen LogP contribution in [-0.4, -0.2) is 11.1 Å². The van der Waals surface area contributed by atoms with E-state index in [2.05, 4.69) is 6.92 Å². The van der Waals surface area contributed by atoms with Crippen molar-refractivity contribution >= 4 is 13.5 Å². The Morgan fingerprint density at radius 1 is 1.00 bits per heavy atom. The first-order chi connectivity index (χ1) is 7.34. The van der Waals surface area contributed by atoms with E-state index in [9.17, 15) is 4.89 Å². The van der Waals surface area contributed by atoms with Crippen LogP contribution in [0.15, 0.2) is 30.3 Å². The zero-order valence-electron chi connectivity index (χ0n) is 9.52. The minimum atomic E-state index is -0.897. The Kier molecular flexibility index (Phi) is 6.63. The molecule has 0 heterocycles. The molecule has 0 fully saturated rings. The normalized spacial score (nSPS) is 12.7. The lowest BCUT2D eigenvalue weighted by molar-refractivity contribution is 0.616. The fourth-order valence-corrected chi connectivity index (χ4v) is 2.89. The molecule has 0 aromatic heterocycles. The molecule has 0 radical (unpaired) electrons. The molecule has 0 aliphatic rings. The van der Waals surface area contributed by atoms with Crippen LogP contribution in [-0.2, 0) is 0 Å². The topological polar surface area (TPSA) is 20.2 Å². The zero-order valence-corrected chi connectivity index (χ0v) is 10.4. The lowest BCUT2D eigenvalue weighted by Gasteiger charge is -2.09. The Morgan fingerprint density at radius 2 is 1.67 bits per heavy atom. The summed E-state index contributed by atoms with van der Waals surface area (Å²) in [5, 5.41) is 1.11. The summed E-state index contributed by atoms with van der Waals surface area (Å²) < 4.78 is 0. The molecule has 0 saturated carbocycles. The average Bonchev–Trinajstić information content (AvgIpc) is 2.30. The molecular formula is C13H21OP. The Bertz CT molecular complexity index is 248. The fourth-order valence-electron chi connectivity index (χ4n) is 1.59. The predicted molar refractivity (Wildman–Crippen MR) is 68.8 cm³/mol. The summed E-state index contributed by atoms with van der Waals surface area (Å²) in [7, 11) is -0.897. The summed E-state index contributed by atoms with van der Waals surface area (Å²) in [4.78, 5) is 9.94. The van der Waals surface area contributed by atoms with Crippen LogP contribution in [0.5, 0.6) is 0 Å².